The molecular formula is C12H22N2O4. The van der Waals surface area contributed by atoms with E-state index >= 15 is 0 Å². The molecule has 104 valence electrons. The van der Waals surface area contributed by atoms with Crippen molar-refractivity contribution >= 4 is 12.1 Å². The van der Waals surface area contributed by atoms with E-state index in [2.05, 4.69) is 10.1 Å². The van der Waals surface area contributed by atoms with Gasteiger partial charge < -0.3 is 19.7 Å². The first-order valence-corrected chi connectivity index (χ1v) is 6.10. The number of likely N-dealkylation sites (tertiary alicyclic amines) is 1. The van der Waals surface area contributed by atoms with E-state index in [1.807, 2.05) is 20.8 Å². The van der Waals surface area contributed by atoms with Crippen LogP contribution in [-0.2, 0) is 14.3 Å². The van der Waals surface area contributed by atoms with Gasteiger partial charge in [-0.25, -0.2) is 4.79 Å². The minimum atomic E-state index is -0.458. The number of hydrogen-bond donors (Lipinski definition) is 1. The molecule has 0 aliphatic carbocycles. The van der Waals surface area contributed by atoms with Crippen LogP contribution in [0.3, 0.4) is 0 Å². The van der Waals surface area contributed by atoms with Crippen molar-refractivity contribution in [3.05, 3.63) is 0 Å². The van der Waals surface area contributed by atoms with Gasteiger partial charge in [-0.3, -0.25) is 4.79 Å². The van der Waals surface area contributed by atoms with Gasteiger partial charge in [-0.2, -0.15) is 0 Å². The second kappa shape index (κ2) is 6.04. The lowest BCUT2D eigenvalue weighted by Crippen LogP contribution is -2.60. The minimum Gasteiger partial charge on any atom is -0.469 e. The number of nitrogens with zero attached hydrogens (tertiary/aromatic N) is 1. The summed E-state index contributed by atoms with van der Waals surface area (Å²) >= 11 is 0. The molecule has 1 amide bonds. The minimum absolute atomic E-state index is 0.231. The fraction of sp³-hybridized carbons (Fsp3) is 0.833. The van der Waals surface area contributed by atoms with E-state index in [0.29, 0.717) is 26.1 Å². The van der Waals surface area contributed by atoms with Crippen molar-refractivity contribution in [1.29, 1.82) is 0 Å². The first-order chi connectivity index (χ1) is 8.31. The molecule has 6 nitrogen and oxygen atoms in total. The maximum atomic E-state index is 11.6. The van der Waals surface area contributed by atoms with Crippen LogP contribution in [0.2, 0.25) is 0 Å². The van der Waals surface area contributed by atoms with Crippen LogP contribution in [0.4, 0.5) is 4.79 Å². The summed E-state index contributed by atoms with van der Waals surface area (Å²) in [4.78, 5) is 24.1. The van der Waals surface area contributed by atoms with Crippen LogP contribution in [0.25, 0.3) is 0 Å². The van der Waals surface area contributed by atoms with Crippen LogP contribution >= 0.6 is 0 Å². The average molecular weight is 258 g/mol. The molecule has 0 aromatic rings. The second-order valence-corrected chi connectivity index (χ2v) is 5.36. The van der Waals surface area contributed by atoms with Crippen LogP contribution in [0.5, 0.6) is 0 Å². The summed E-state index contributed by atoms with van der Waals surface area (Å²) in [5.41, 5.74) is -0.458. The molecule has 1 aliphatic rings. The van der Waals surface area contributed by atoms with Crippen LogP contribution in [0.15, 0.2) is 0 Å². The molecule has 0 aromatic heterocycles. The molecule has 0 unspecified atom stereocenters. The number of rotatable bonds is 4. The Morgan fingerprint density at radius 3 is 2.44 bits per heavy atom. The highest BCUT2D eigenvalue weighted by atomic mass is 16.6. The molecule has 1 fully saturated rings. The van der Waals surface area contributed by atoms with Gasteiger partial charge in [-0.15, -0.1) is 0 Å². The summed E-state index contributed by atoms with van der Waals surface area (Å²) in [5, 5.41) is 3.18. The number of amides is 1. The fourth-order valence-corrected chi connectivity index (χ4v) is 1.56. The number of ether oxygens (including phenoxy) is 2. The monoisotopic (exact) mass is 258 g/mol. The third-order valence-corrected chi connectivity index (χ3v) is 2.52. The maximum absolute atomic E-state index is 11.6. The molecule has 0 bridgehead atoms. The SMILES string of the molecule is COC(=O)CCNC1CN(C(=O)OC(C)(C)C)C1. The van der Waals surface area contributed by atoms with Crippen molar-refractivity contribution in [2.45, 2.75) is 38.8 Å². The van der Waals surface area contributed by atoms with E-state index < -0.39 is 5.60 Å². The molecule has 1 saturated heterocycles. The highest BCUT2D eigenvalue weighted by Gasteiger charge is 2.33. The molecule has 1 N–H and O–H groups in total. The molecule has 6 heteroatoms. The zero-order valence-corrected chi connectivity index (χ0v) is 11.5. The Bertz CT molecular complexity index is 306. The van der Waals surface area contributed by atoms with E-state index in [0.717, 1.165) is 0 Å². The summed E-state index contributed by atoms with van der Waals surface area (Å²) in [6.45, 7) is 7.34. The number of methoxy groups -OCH3 is 1. The first-order valence-electron chi connectivity index (χ1n) is 6.10. The van der Waals surface area contributed by atoms with Gasteiger partial charge in [0.05, 0.1) is 13.5 Å². The Morgan fingerprint density at radius 2 is 1.94 bits per heavy atom. The molecule has 1 rings (SSSR count). The van der Waals surface area contributed by atoms with Crippen molar-refractivity contribution in [3.8, 4) is 0 Å². The molecule has 18 heavy (non-hydrogen) atoms. The van der Waals surface area contributed by atoms with Crippen LogP contribution in [0, 0.1) is 0 Å². The summed E-state index contributed by atoms with van der Waals surface area (Å²) in [6, 6.07) is 0.238. The Morgan fingerprint density at radius 1 is 1.33 bits per heavy atom. The van der Waals surface area contributed by atoms with Crippen LogP contribution in [0.1, 0.15) is 27.2 Å². The smallest absolute Gasteiger partial charge is 0.410 e. The van der Waals surface area contributed by atoms with Gasteiger partial charge in [-0.05, 0) is 20.8 Å². The van der Waals surface area contributed by atoms with Gasteiger partial charge in [0.25, 0.3) is 0 Å². The third-order valence-electron chi connectivity index (χ3n) is 2.52. The van der Waals surface area contributed by atoms with Gasteiger partial charge in [0.1, 0.15) is 5.60 Å². The van der Waals surface area contributed by atoms with Gasteiger partial charge in [0, 0.05) is 25.7 Å². The zero-order valence-electron chi connectivity index (χ0n) is 11.5. The Labute approximate surface area is 108 Å². The van der Waals surface area contributed by atoms with Crippen molar-refractivity contribution in [1.82, 2.24) is 10.2 Å². The Hall–Kier alpha value is -1.30. The van der Waals surface area contributed by atoms with Crippen molar-refractivity contribution < 1.29 is 19.1 Å². The molecule has 0 spiro atoms. The molecule has 0 saturated carbocycles. The zero-order chi connectivity index (χ0) is 13.8. The number of carbonyl (C=O) groups excluding carboxylic acids is 2. The van der Waals surface area contributed by atoms with Gasteiger partial charge in [-0.1, -0.05) is 0 Å². The largest absolute Gasteiger partial charge is 0.469 e. The second-order valence-electron chi connectivity index (χ2n) is 5.36. The Balaban J connectivity index is 2.12. The predicted octanol–water partition coefficient (Wildman–Crippen LogP) is 0.758. The topological polar surface area (TPSA) is 67.9 Å². The molecule has 0 radical (unpaired) electrons. The van der Waals surface area contributed by atoms with Crippen LogP contribution in [-0.4, -0.2) is 55.3 Å². The van der Waals surface area contributed by atoms with Crippen molar-refractivity contribution in [2.75, 3.05) is 26.7 Å². The third kappa shape index (κ3) is 4.91. The number of hydrogen-bond acceptors (Lipinski definition) is 5. The lowest BCUT2D eigenvalue weighted by atomic mass is 10.1. The standard InChI is InChI=1S/C12H22N2O4/c1-12(2,3)18-11(16)14-7-9(8-14)13-6-5-10(15)17-4/h9,13H,5-8H2,1-4H3. The molecule has 1 heterocycles. The average Bonchev–Trinajstić information content (AvgIpc) is 2.17. The number of nitrogens with one attached hydrogen (secondary N) is 1. The first kappa shape index (κ1) is 14.8. The van der Waals surface area contributed by atoms with Crippen molar-refractivity contribution in [3.63, 3.8) is 0 Å². The Kier molecular flexibility index (Phi) is 4.95. The quantitative estimate of drug-likeness (QED) is 0.754. The molecular weight excluding hydrogens is 236 g/mol. The van der Waals surface area contributed by atoms with E-state index in [9.17, 15) is 9.59 Å². The fourth-order valence-electron chi connectivity index (χ4n) is 1.56. The number of esters is 1. The molecule has 0 aromatic carbocycles. The van der Waals surface area contributed by atoms with E-state index in [4.69, 9.17) is 4.74 Å². The lowest BCUT2D eigenvalue weighted by Gasteiger charge is -2.40. The van der Waals surface area contributed by atoms with Gasteiger partial charge in [0.2, 0.25) is 0 Å². The van der Waals surface area contributed by atoms with Gasteiger partial charge in [0.15, 0.2) is 0 Å². The van der Waals surface area contributed by atoms with E-state index in [-0.39, 0.29) is 18.1 Å². The molecule has 1 aliphatic heterocycles. The molecule has 0 atom stereocenters. The number of carbonyl (C=O) groups is 2. The summed E-state index contributed by atoms with van der Waals surface area (Å²) in [7, 11) is 1.37. The summed E-state index contributed by atoms with van der Waals surface area (Å²) < 4.78 is 9.77. The lowest BCUT2D eigenvalue weighted by molar-refractivity contribution is -0.140. The normalized spacial score (nSPS) is 16.1. The van der Waals surface area contributed by atoms with Gasteiger partial charge >= 0.3 is 12.1 Å². The predicted molar refractivity (Wildman–Crippen MR) is 66.2 cm³/mol. The highest BCUT2D eigenvalue weighted by Crippen LogP contribution is 2.15. The van der Waals surface area contributed by atoms with Crippen LogP contribution < -0.4 is 5.32 Å². The van der Waals surface area contributed by atoms with E-state index in [1.165, 1.54) is 7.11 Å². The summed E-state index contributed by atoms with van der Waals surface area (Å²) in [5.74, 6) is -0.231. The summed E-state index contributed by atoms with van der Waals surface area (Å²) in [6.07, 6.45) is 0.0629. The van der Waals surface area contributed by atoms with Crippen molar-refractivity contribution in [2.24, 2.45) is 0 Å². The maximum Gasteiger partial charge on any atom is 0.410 e. The van der Waals surface area contributed by atoms with E-state index in [1.54, 1.807) is 4.90 Å². The highest BCUT2D eigenvalue weighted by molar-refractivity contribution is 5.70.